The number of carbonyl (C=O) groups is 1. The Morgan fingerprint density at radius 3 is 1.45 bits per heavy atom. The maximum absolute atomic E-state index is 11.8. The average molecular weight is 473 g/mol. The summed E-state index contributed by atoms with van der Waals surface area (Å²) in [5.41, 5.74) is 22.7. The van der Waals surface area contributed by atoms with Gasteiger partial charge in [-0.25, -0.2) is 14.8 Å². The third kappa shape index (κ3) is 4.75. The average Bonchev–Trinajstić information content (AvgIpc) is 2.50. The van der Waals surface area contributed by atoms with E-state index >= 15 is 0 Å². The topological polar surface area (TPSA) is 197 Å². The molecule has 0 bridgehead atoms. The molecule has 2 heterocycles. The first-order valence-corrected chi connectivity index (χ1v) is 8.69. The molecule has 0 saturated heterocycles. The van der Waals surface area contributed by atoms with Crippen molar-refractivity contribution < 1.29 is 9.90 Å². The zero-order chi connectivity index (χ0) is 21.7. The lowest BCUT2D eigenvalue weighted by molar-refractivity contribution is 0.0697. The number of anilines is 2. The number of guanidine groups is 4. The molecular weight excluding hydrogens is 447 g/mol. The van der Waals surface area contributed by atoms with Crippen LogP contribution >= 0.6 is 24.8 Å². The Balaban J connectivity index is 0.00000240. The number of halogens is 2. The Kier molecular flexibility index (Phi) is 7.05. The van der Waals surface area contributed by atoms with Crippen LogP contribution in [0.4, 0.5) is 11.4 Å². The minimum atomic E-state index is -1.13. The molecule has 3 rings (SSSR count). The van der Waals surface area contributed by atoms with E-state index in [0.29, 0.717) is 11.4 Å². The van der Waals surface area contributed by atoms with Crippen LogP contribution in [0, 0.1) is 0 Å². The summed E-state index contributed by atoms with van der Waals surface area (Å²) in [6.07, 6.45) is 0. The lowest BCUT2D eigenvalue weighted by atomic mass is 10.1. The first kappa shape index (κ1) is 25.8. The largest absolute Gasteiger partial charge is 0.478 e. The van der Waals surface area contributed by atoms with Gasteiger partial charge in [0.15, 0.2) is 0 Å². The monoisotopic (exact) mass is 472 g/mol. The van der Waals surface area contributed by atoms with Crippen molar-refractivity contribution >= 4 is 66.0 Å². The first-order chi connectivity index (χ1) is 13.3. The molecule has 2 aliphatic rings. The second kappa shape index (κ2) is 8.47. The van der Waals surface area contributed by atoms with Crippen molar-refractivity contribution in [2.45, 2.75) is 39.0 Å². The minimum Gasteiger partial charge on any atom is -0.478 e. The van der Waals surface area contributed by atoms with Crippen LogP contribution in [-0.2, 0) is 0 Å². The molecule has 0 aliphatic carbocycles. The number of carboxylic acids is 1. The molecule has 0 saturated carbocycles. The van der Waals surface area contributed by atoms with Crippen LogP contribution in [-0.4, -0.2) is 46.2 Å². The van der Waals surface area contributed by atoms with Crippen molar-refractivity contribution in [1.29, 1.82) is 0 Å². The highest BCUT2D eigenvalue weighted by atomic mass is 35.5. The minimum absolute atomic E-state index is 0. The van der Waals surface area contributed by atoms with E-state index in [1.807, 2.05) is 0 Å². The summed E-state index contributed by atoms with van der Waals surface area (Å²) in [6, 6.07) is 4.64. The van der Waals surface area contributed by atoms with E-state index in [1.54, 1.807) is 43.6 Å². The van der Waals surface area contributed by atoms with Gasteiger partial charge in [0.25, 0.3) is 0 Å². The summed E-state index contributed by atoms with van der Waals surface area (Å²) < 4.78 is 0. The van der Waals surface area contributed by atoms with E-state index in [4.69, 9.17) is 22.9 Å². The highest BCUT2D eigenvalue weighted by molar-refractivity contribution is 6.08. The fourth-order valence-electron chi connectivity index (χ4n) is 3.48. The zero-order valence-electron chi connectivity index (χ0n) is 17.4. The molecule has 0 atom stereocenters. The molecule has 0 fully saturated rings. The molecule has 0 unspecified atom stereocenters. The summed E-state index contributed by atoms with van der Waals surface area (Å²) in [7, 11) is 0. The van der Waals surface area contributed by atoms with Crippen molar-refractivity contribution in [3.8, 4) is 0 Å². The summed E-state index contributed by atoms with van der Waals surface area (Å²) >= 11 is 0. The van der Waals surface area contributed by atoms with Crippen LogP contribution in [0.1, 0.15) is 38.1 Å². The summed E-state index contributed by atoms with van der Waals surface area (Å²) in [6.45, 7) is 7.11. The molecule has 0 aromatic heterocycles. The molecular formula is C17H26Cl2N10O2. The number of carboxylic acid groups (broad SMARTS) is 1. The van der Waals surface area contributed by atoms with E-state index in [0.717, 1.165) is 0 Å². The van der Waals surface area contributed by atoms with Gasteiger partial charge in [0.2, 0.25) is 23.8 Å². The van der Waals surface area contributed by atoms with Crippen molar-refractivity contribution in [3.05, 3.63) is 23.8 Å². The predicted octanol–water partition coefficient (Wildman–Crippen LogP) is 0.599. The molecule has 0 spiro atoms. The molecule has 12 nitrogen and oxygen atoms in total. The van der Waals surface area contributed by atoms with Gasteiger partial charge in [-0.3, -0.25) is 9.80 Å². The Hall–Kier alpha value is -3.25. The van der Waals surface area contributed by atoms with Gasteiger partial charge in [-0.05, 0) is 45.9 Å². The number of hydrogen-bond acceptors (Lipinski definition) is 11. The third-order valence-corrected chi connectivity index (χ3v) is 4.45. The van der Waals surface area contributed by atoms with E-state index in [9.17, 15) is 9.90 Å². The Morgan fingerprint density at radius 1 is 0.806 bits per heavy atom. The van der Waals surface area contributed by atoms with E-state index in [2.05, 4.69) is 20.0 Å². The molecule has 170 valence electrons. The SMILES string of the molecule is CC1(C)N=C(N)N=C(N)N1c1cc(C(=O)O)cc(N2C(N)=NC(N)=NC2(C)C)c1.Cl.Cl. The molecule has 14 heteroatoms. The fourth-order valence-corrected chi connectivity index (χ4v) is 3.48. The van der Waals surface area contributed by atoms with Gasteiger partial charge in [0, 0.05) is 11.4 Å². The van der Waals surface area contributed by atoms with Gasteiger partial charge in [-0.1, -0.05) is 0 Å². The maximum Gasteiger partial charge on any atom is 0.335 e. The number of nitrogens with two attached hydrogens (primary N) is 4. The Labute approximate surface area is 191 Å². The van der Waals surface area contributed by atoms with Gasteiger partial charge in [-0.15, -0.1) is 24.8 Å². The van der Waals surface area contributed by atoms with Gasteiger partial charge in [-0.2, -0.15) is 9.98 Å². The smallest absolute Gasteiger partial charge is 0.335 e. The van der Waals surface area contributed by atoms with Crippen LogP contribution < -0.4 is 32.7 Å². The van der Waals surface area contributed by atoms with Crippen molar-refractivity contribution in [3.63, 3.8) is 0 Å². The molecule has 0 radical (unpaired) electrons. The number of aliphatic imine (C=N–C) groups is 4. The second-order valence-corrected chi connectivity index (χ2v) is 7.58. The maximum atomic E-state index is 11.8. The van der Waals surface area contributed by atoms with Gasteiger partial charge >= 0.3 is 5.97 Å². The lowest BCUT2D eigenvalue weighted by Gasteiger charge is -2.41. The molecule has 31 heavy (non-hydrogen) atoms. The molecule has 2 aliphatic heterocycles. The molecule has 1 aromatic rings. The van der Waals surface area contributed by atoms with E-state index < -0.39 is 17.3 Å². The van der Waals surface area contributed by atoms with Crippen LogP contribution in [0.3, 0.4) is 0 Å². The summed E-state index contributed by atoms with van der Waals surface area (Å²) in [4.78, 5) is 31.6. The van der Waals surface area contributed by atoms with Crippen molar-refractivity contribution in [1.82, 2.24) is 0 Å². The van der Waals surface area contributed by atoms with Crippen molar-refractivity contribution in [2.75, 3.05) is 9.80 Å². The molecule has 9 N–H and O–H groups in total. The first-order valence-electron chi connectivity index (χ1n) is 8.69. The van der Waals surface area contributed by atoms with Crippen molar-refractivity contribution in [2.24, 2.45) is 42.9 Å². The number of nitrogens with zero attached hydrogens (tertiary/aromatic N) is 6. The fraction of sp³-hybridized carbons (Fsp3) is 0.353. The molecule has 1 aromatic carbocycles. The lowest BCUT2D eigenvalue weighted by Crippen LogP contribution is -2.55. The van der Waals surface area contributed by atoms with Crippen LogP contribution in [0.5, 0.6) is 0 Å². The number of hydrogen-bond donors (Lipinski definition) is 5. The zero-order valence-corrected chi connectivity index (χ0v) is 19.0. The van der Waals surface area contributed by atoms with E-state index in [1.165, 1.54) is 12.1 Å². The summed E-state index contributed by atoms with van der Waals surface area (Å²) in [5, 5.41) is 9.65. The standard InChI is InChI=1S/C17H24N10O2.2ClH/c1-16(2)24-12(18)22-14(20)26(16)9-5-8(11(28)29)6-10(7-9)27-15(21)23-13(19)25-17(27,3)4;;/h5-7H,1-4H3,(H,28,29)(H4,18,20,22,24)(H4,19,21,23,25);2*1H. The van der Waals surface area contributed by atoms with Gasteiger partial charge in [0.05, 0.1) is 5.56 Å². The van der Waals surface area contributed by atoms with Crippen LogP contribution in [0.15, 0.2) is 38.2 Å². The normalized spacial score (nSPS) is 19.1. The predicted molar refractivity (Wildman–Crippen MR) is 128 cm³/mol. The number of aromatic carboxylic acids is 1. The summed E-state index contributed by atoms with van der Waals surface area (Å²) in [5.74, 6) is -0.890. The Morgan fingerprint density at radius 2 is 1.16 bits per heavy atom. The molecule has 0 amide bonds. The van der Waals surface area contributed by atoms with Gasteiger partial charge in [0.1, 0.15) is 11.3 Å². The van der Waals surface area contributed by atoms with E-state index in [-0.39, 0.29) is 54.2 Å². The van der Waals surface area contributed by atoms with Gasteiger partial charge < -0.3 is 28.0 Å². The highest BCUT2D eigenvalue weighted by Gasteiger charge is 2.37. The second-order valence-electron chi connectivity index (χ2n) is 7.58. The quantitative estimate of drug-likeness (QED) is 0.420. The third-order valence-electron chi connectivity index (χ3n) is 4.45. The highest BCUT2D eigenvalue weighted by Crippen LogP contribution is 2.35. The number of rotatable bonds is 3. The number of benzene rings is 1. The van der Waals surface area contributed by atoms with Crippen LogP contribution in [0.2, 0.25) is 0 Å². The Bertz CT molecular complexity index is 946. The van der Waals surface area contributed by atoms with Crippen LogP contribution in [0.25, 0.3) is 0 Å².